The molecule has 3 heterocycles. The highest BCUT2D eigenvalue weighted by molar-refractivity contribution is 5.97. The molecule has 8 heteroatoms. The minimum atomic E-state index is -1.03. The summed E-state index contributed by atoms with van der Waals surface area (Å²) in [5, 5.41) is 21.6. The lowest BCUT2D eigenvalue weighted by atomic mass is 10.0. The number of nitrogens with one attached hydrogen (secondary N) is 1. The molecule has 0 radical (unpaired) electrons. The first kappa shape index (κ1) is 16.4. The third-order valence-electron chi connectivity index (χ3n) is 4.93. The molecule has 1 amide bonds. The maximum Gasteiger partial charge on any atom is 0.254 e. The zero-order chi connectivity index (χ0) is 17.3. The zero-order valence-corrected chi connectivity index (χ0v) is 14.1. The van der Waals surface area contributed by atoms with Crippen molar-refractivity contribution in [1.82, 2.24) is 25.2 Å². The summed E-state index contributed by atoms with van der Waals surface area (Å²) in [7, 11) is 0. The van der Waals surface area contributed by atoms with E-state index in [2.05, 4.69) is 20.3 Å². The van der Waals surface area contributed by atoms with Gasteiger partial charge in [-0.25, -0.2) is 0 Å². The smallest absolute Gasteiger partial charge is 0.254 e. The average molecular weight is 345 g/mol. The van der Waals surface area contributed by atoms with Crippen LogP contribution in [0.2, 0.25) is 0 Å². The first-order chi connectivity index (χ1) is 12.1. The second-order valence-electron chi connectivity index (χ2n) is 7.01. The van der Waals surface area contributed by atoms with Crippen LogP contribution < -0.4 is 0 Å². The number of β-amino-alcohol motifs (C(OH)–C–C–N with tert-alkyl or cyclic N) is 1. The van der Waals surface area contributed by atoms with Gasteiger partial charge in [-0.2, -0.15) is 15.4 Å². The minimum absolute atomic E-state index is 0.116. The summed E-state index contributed by atoms with van der Waals surface area (Å²) in [5.74, 6) is -0.116. The number of fused-ring (bicyclic) bond motifs is 1. The van der Waals surface area contributed by atoms with Crippen LogP contribution in [-0.2, 0) is 4.74 Å². The van der Waals surface area contributed by atoms with Crippen molar-refractivity contribution in [3.05, 3.63) is 23.8 Å². The van der Waals surface area contributed by atoms with Gasteiger partial charge in [-0.3, -0.25) is 4.79 Å². The predicted octanol–water partition coefficient (Wildman–Crippen LogP) is 0.257. The van der Waals surface area contributed by atoms with Gasteiger partial charge in [0.2, 0.25) is 0 Å². The SMILES string of the molecule is O=C(c1ccc2n[nH]nc2c1)N1CCOC[C@](O)(CN2CCCC2)C1. The molecule has 2 aromatic rings. The lowest BCUT2D eigenvalue weighted by molar-refractivity contribution is -0.0524. The molecule has 25 heavy (non-hydrogen) atoms. The second-order valence-corrected chi connectivity index (χ2v) is 7.01. The molecule has 134 valence electrons. The first-order valence-electron chi connectivity index (χ1n) is 8.75. The van der Waals surface area contributed by atoms with Crippen molar-refractivity contribution >= 4 is 16.9 Å². The van der Waals surface area contributed by atoms with Crippen LogP contribution in [0, 0.1) is 0 Å². The van der Waals surface area contributed by atoms with Gasteiger partial charge in [0.1, 0.15) is 16.6 Å². The molecule has 0 spiro atoms. The molecule has 2 saturated heterocycles. The molecule has 8 nitrogen and oxygen atoms in total. The standard InChI is InChI=1S/C17H23N5O3/c23-16(13-3-4-14-15(9-13)19-20-18-14)22-7-8-25-12-17(24,11-22)10-21-5-1-2-6-21/h3-4,9,24H,1-2,5-8,10-12H2,(H,18,19,20)/t17-/m0/s1. The third kappa shape index (κ3) is 3.51. The Balaban J connectivity index is 1.52. The van der Waals surface area contributed by atoms with Crippen molar-refractivity contribution in [2.75, 3.05) is 45.9 Å². The molecule has 2 N–H and O–H groups in total. The molecular weight excluding hydrogens is 322 g/mol. The van der Waals surface area contributed by atoms with Crippen LogP contribution in [0.5, 0.6) is 0 Å². The summed E-state index contributed by atoms with van der Waals surface area (Å²) in [5.41, 5.74) is 0.895. The van der Waals surface area contributed by atoms with Gasteiger partial charge in [-0.05, 0) is 44.1 Å². The maximum atomic E-state index is 12.9. The fourth-order valence-electron chi connectivity index (χ4n) is 3.70. The lowest BCUT2D eigenvalue weighted by Crippen LogP contribution is -2.53. The van der Waals surface area contributed by atoms with Crippen LogP contribution in [0.25, 0.3) is 11.0 Å². The fraction of sp³-hybridized carbons (Fsp3) is 0.588. The highest BCUT2D eigenvalue weighted by Crippen LogP contribution is 2.20. The first-order valence-corrected chi connectivity index (χ1v) is 8.75. The highest BCUT2D eigenvalue weighted by Gasteiger charge is 2.36. The number of hydrogen-bond acceptors (Lipinski definition) is 6. The summed E-state index contributed by atoms with van der Waals surface area (Å²) in [4.78, 5) is 16.9. The van der Waals surface area contributed by atoms with Gasteiger partial charge in [0.15, 0.2) is 0 Å². The van der Waals surface area contributed by atoms with Crippen LogP contribution in [0.3, 0.4) is 0 Å². The molecule has 1 aromatic carbocycles. The van der Waals surface area contributed by atoms with E-state index in [-0.39, 0.29) is 19.1 Å². The monoisotopic (exact) mass is 345 g/mol. The average Bonchev–Trinajstić information content (AvgIpc) is 3.23. The predicted molar refractivity (Wildman–Crippen MR) is 91.2 cm³/mol. The molecule has 0 bridgehead atoms. The number of ether oxygens (including phenoxy) is 1. The van der Waals surface area contributed by atoms with E-state index in [4.69, 9.17) is 4.74 Å². The number of benzene rings is 1. The van der Waals surface area contributed by atoms with E-state index in [1.165, 1.54) is 0 Å². The number of H-pyrrole nitrogens is 1. The van der Waals surface area contributed by atoms with E-state index in [1.54, 1.807) is 23.1 Å². The minimum Gasteiger partial charge on any atom is -0.384 e. The van der Waals surface area contributed by atoms with E-state index in [0.29, 0.717) is 30.8 Å². The summed E-state index contributed by atoms with van der Waals surface area (Å²) < 4.78 is 5.60. The van der Waals surface area contributed by atoms with Crippen LogP contribution in [-0.4, -0.2) is 87.8 Å². The number of likely N-dealkylation sites (tertiary alicyclic amines) is 1. The molecule has 0 aliphatic carbocycles. The van der Waals surface area contributed by atoms with Gasteiger partial charge >= 0.3 is 0 Å². The molecule has 2 aliphatic rings. The lowest BCUT2D eigenvalue weighted by Gasteiger charge is -2.34. The highest BCUT2D eigenvalue weighted by atomic mass is 16.5. The van der Waals surface area contributed by atoms with Gasteiger partial charge in [0.05, 0.1) is 19.8 Å². The molecule has 1 atom stereocenters. The fourth-order valence-corrected chi connectivity index (χ4v) is 3.70. The summed E-state index contributed by atoms with van der Waals surface area (Å²) >= 11 is 0. The normalized spacial score (nSPS) is 25.4. The third-order valence-corrected chi connectivity index (χ3v) is 4.93. The Morgan fingerprint density at radius 1 is 1.24 bits per heavy atom. The van der Waals surface area contributed by atoms with Crippen LogP contribution in [0.4, 0.5) is 0 Å². The number of hydrogen-bond donors (Lipinski definition) is 2. The number of aromatic amines is 1. The van der Waals surface area contributed by atoms with Crippen molar-refractivity contribution in [3.63, 3.8) is 0 Å². The number of nitrogens with zero attached hydrogens (tertiary/aromatic N) is 4. The largest absolute Gasteiger partial charge is 0.384 e. The molecule has 4 rings (SSSR count). The Morgan fingerprint density at radius 3 is 2.88 bits per heavy atom. The second kappa shape index (κ2) is 6.70. The van der Waals surface area contributed by atoms with Crippen molar-refractivity contribution in [1.29, 1.82) is 0 Å². The number of aromatic nitrogens is 3. The maximum absolute atomic E-state index is 12.9. The topological polar surface area (TPSA) is 94.6 Å². The van der Waals surface area contributed by atoms with E-state index < -0.39 is 5.60 Å². The molecule has 0 unspecified atom stereocenters. The van der Waals surface area contributed by atoms with E-state index >= 15 is 0 Å². The summed E-state index contributed by atoms with van der Waals surface area (Å²) in [6.07, 6.45) is 2.33. The summed E-state index contributed by atoms with van der Waals surface area (Å²) in [6, 6.07) is 5.25. The zero-order valence-electron chi connectivity index (χ0n) is 14.1. The number of rotatable bonds is 3. The number of carbonyl (C=O) groups excluding carboxylic acids is 1. The number of carbonyl (C=O) groups is 1. The van der Waals surface area contributed by atoms with Crippen LogP contribution in [0.1, 0.15) is 23.2 Å². The van der Waals surface area contributed by atoms with Crippen LogP contribution >= 0.6 is 0 Å². The van der Waals surface area contributed by atoms with Gasteiger partial charge in [0, 0.05) is 18.7 Å². The van der Waals surface area contributed by atoms with E-state index in [1.807, 2.05) is 0 Å². The van der Waals surface area contributed by atoms with Gasteiger partial charge in [-0.1, -0.05) is 0 Å². The van der Waals surface area contributed by atoms with Crippen molar-refractivity contribution in [2.24, 2.45) is 0 Å². The molecule has 1 aromatic heterocycles. The van der Waals surface area contributed by atoms with Gasteiger partial charge < -0.3 is 19.6 Å². The molecule has 0 saturated carbocycles. The molecular formula is C17H23N5O3. The number of amides is 1. The Labute approximate surface area is 145 Å². The van der Waals surface area contributed by atoms with Crippen LogP contribution in [0.15, 0.2) is 18.2 Å². The number of aliphatic hydroxyl groups is 1. The van der Waals surface area contributed by atoms with E-state index in [9.17, 15) is 9.90 Å². The van der Waals surface area contributed by atoms with Crippen molar-refractivity contribution < 1.29 is 14.6 Å². The quantitative estimate of drug-likeness (QED) is 0.829. The van der Waals surface area contributed by atoms with Crippen molar-refractivity contribution in [2.45, 2.75) is 18.4 Å². The Kier molecular flexibility index (Phi) is 4.41. The Bertz CT molecular complexity index is 758. The Hall–Kier alpha value is -2.03. The van der Waals surface area contributed by atoms with Gasteiger partial charge in [0.25, 0.3) is 5.91 Å². The summed E-state index contributed by atoms with van der Waals surface area (Å²) in [6.45, 7) is 3.98. The molecule has 2 fully saturated rings. The Morgan fingerprint density at radius 2 is 2.04 bits per heavy atom. The van der Waals surface area contributed by atoms with E-state index in [0.717, 1.165) is 31.4 Å². The van der Waals surface area contributed by atoms with Gasteiger partial charge in [-0.15, -0.1) is 0 Å². The molecule has 2 aliphatic heterocycles. The van der Waals surface area contributed by atoms with Crippen molar-refractivity contribution in [3.8, 4) is 0 Å².